The van der Waals surface area contributed by atoms with Crippen LogP contribution in [0.25, 0.3) is 10.9 Å². The molecule has 31 heavy (non-hydrogen) atoms. The number of methoxy groups -OCH3 is 1. The second-order valence-electron chi connectivity index (χ2n) is 6.89. The van der Waals surface area contributed by atoms with Gasteiger partial charge in [0.1, 0.15) is 5.82 Å². The number of nitrogens with zero attached hydrogens (tertiary/aromatic N) is 3. The summed E-state index contributed by atoms with van der Waals surface area (Å²) in [6.07, 6.45) is -3.70. The van der Waals surface area contributed by atoms with Gasteiger partial charge in [-0.25, -0.2) is 19.2 Å². The van der Waals surface area contributed by atoms with Gasteiger partial charge in [0.25, 0.3) is 5.56 Å². The van der Waals surface area contributed by atoms with Gasteiger partial charge in [-0.3, -0.25) is 9.36 Å². The second kappa shape index (κ2) is 7.97. The minimum absolute atomic E-state index is 0.000722. The van der Waals surface area contributed by atoms with Gasteiger partial charge < -0.3 is 10.1 Å². The van der Waals surface area contributed by atoms with Crippen molar-refractivity contribution in [2.75, 3.05) is 12.4 Å². The summed E-state index contributed by atoms with van der Waals surface area (Å²) in [5.41, 5.74) is -2.02. The van der Waals surface area contributed by atoms with E-state index in [2.05, 4.69) is 20.0 Å². The molecule has 7 nitrogen and oxygen atoms in total. The van der Waals surface area contributed by atoms with Crippen molar-refractivity contribution in [3.05, 3.63) is 63.1 Å². The van der Waals surface area contributed by atoms with E-state index in [0.29, 0.717) is 0 Å². The molecule has 0 amide bonds. The lowest BCUT2D eigenvalue weighted by atomic mass is 9.98. The highest BCUT2D eigenvalue weighted by Gasteiger charge is 2.35. The number of pyridine rings is 1. The first-order valence-corrected chi connectivity index (χ1v) is 9.03. The van der Waals surface area contributed by atoms with E-state index >= 15 is 0 Å². The number of carbonyl (C=O) groups excluding carboxylic acids is 1. The van der Waals surface area contributed by atoms with Crippen LogP contribution in [0.5, 0.6) is 0 Å². The smallest absolute Gasteiger partial charge is 0.416 e. The molecule has 1 N–H and O–H groups in total. The van der Waals surface area contributed by atoms with Gasteiger partial charge in [0.15, 0.2) is 11.6 Å². The van der Waals surface area contributed by atoms with E-state index in [1.165, 1.54) is 25.5 Å². The van der Waals surface area contributed by atoms with Crippen molar-refractivity contribution in [2.24, 2.45) is 7.05 Å². The Hall–Kier alpha value is -3.50. The molecule has 0 aliphatic heterocycles. The maximum Gasteiger partial charge on any atom is 0.416 e. The topological polar surface area (TPSA) is 86.1 Å². The Kier molecular flexibility index (Phi) is 5.70. The number of esters is 1. The van der Waals surface area contributed by atoms with E-state index in [0.717, 1.165) is 31.5 Å². The number of alkyl halides is 3. The zero-order chi connectivity index (χ0) is 23.1. The number of benzene rings is 1. The Balaban J connectivity index is 2.10. The monoisotopic (exact) mass is 438 g/mol. The Morgan fingerprint density at radius 3 is 2.52 bits per heavy atom. The molecule has 1 aromatic carbocycles. The molecule has 0 saturated carbocycles. The number of hydrogen-bond donors (Lipinski definition) is 1. The molecule has 0 radical (unpaired) electrons. The fraction of sp³-hybridized carbons (Fsp3) is 0.300. The number of aromatic nitrogens is 3. The predicted octanol–water partition coefficient (Wildman–Crippen LogP) is 3.75. The minimum Gasteiger partial charge on any atom is -0.465 e. The molecule has 1 unspecified atom stereocenters. The van der Waals surface area contributed by atoms with Crippen molar-refractivity contribution in [1.82, 2.24) is 14.5 Å². The number of halogens is 4. The molecule has 0 spiro atoms. The minimum atomic E-state index is -4.74. The van der Waals surface area contributed by atoms with Crippen LogP contribution >= 0.6 is 0 Å². The molecular weight excluding hydrogens is 420 g/mol. The molecule has 11 heteroatoms. The number of hydrogen-bond acceptors (Lipinski definition) is 6. The number of nitrogens with one attached hydrogen (secondary N) is 1. The molecular formula is C20H18F4N4O3. The molecule has 0 bridgehead atoms. The van der Waals surface area contributed by atoms with Crippen LogP contribution in [-0.2, 0) is 18.0 Å². The average molecular weight is 438 g/mol. The summed E-state index contributed by atoms with van der Waals surface area (Å²) in [5, 5.41) is 2.57. The van der Waals surface area contributed by atoms with E-state index in [9.17, 15) is 27.2 Å². The zero-order valence-corrected chi connectivity index (χ0v) is 17.0. The van der Waals surface area contributed by atoms with Crippen LogP contribution < -0.4 is 10.9 Å². The molecule has 2 heterocycles. The maximum absolute atomic E-state index is 14.4. The van der Waals surface area contributed by atoms with Gasteiger partial charge in [0.05, 0.1) is 35.2 Å². The van der Waals surface area contributed by atoms with Gasteiger partial charge in [0.2, 0.25) is 0 Å². The summed E-state index contributed by atoms with van der Waals surface area (Å²) in [5.74, 6) is -1.85. The Labute approximate surface area is 173 Å². The number of anilines is 1. The molecule has 0 aliphatic rings. The van der Waals surface area contributed by atoms with E-state index in [1.54, 1.807) is 0 Å². The third kappa shape index (κ3) is 4.21. The summed E-state index contributed by atoms with van der Waals surface area (Å²) in [6, 6.07) is 1.69. The lowest BCUT2D eigenvalue weighted by molar-refractivity contribution is -0.138. The summed E-state index contributed by atoms with van der Waals surface area (Å²) < 4.78 is 61.3. The SMILES string of the molecule is COC(=O)c1cnc(NC(C)c2cc3c(=O)n(C)c(C)nc3cc2C(F)(F)F)c(F)c1. The summed E-state index contributed by atoms with van der Waals surface area (Å²) in [6.45, 7) is 2.89. The van der Waals surface area contributed by atoms with Crippen LogP contribution in [0.4, 0.5) is 23.4 Å². The van der Waals surface area contributed by atoms with E-state index in [-0.39, 0.29) is 33.7 Å². The molecule has 1 atom stereocenters. The van der Waals surface area contributed by atoms with E-state index in [4.69, 9.17) is 0 Å². The average Bonchev–Trinajstić information content (AvgIpc) is 2.71. The van der Waals surface area contributed by atoms with Gasteiger partial charge in [-0.15, -0.1) is 0 Å². The number of ether oxygens (including phenoxy) is 1. The summed E-state index contributed by atoms with van der Waals surface area (Å²) >= 11 is 0. The van der Waals surface area contributed by atoms with Crippen molar-refractivity contribution in [1.29, 1.82) is 0 Å². The maximum atomic E-state index is 14.4. The standard InChI is InChI=1S/C20H18F4N4O3/c1-9(26-17-15(21)5-11(8-25-17)19(30)31-4)12-6-13-16(7-14(12)20(22,23)24)27-10(2)28(3)18(13)29/h5-9H,1-4H3,(H,25,26). The van der Waals surface area contributed by atoms with Gasteiger partial charge in [0, 0.05) is 13.2 Å². The second-order valence-corrected chi connectivity index (χ2v) is 6.89. The highest BCUT2D eigenvalue weighted by molar-refractivity contribution is 5.89. The summed E-state index contributed by atoms with van der Waals surface area (Å²) in [4.78, 5) is 31.8. The highest BCUT2D eigenvalue weighted by Crippen LogP contribution is 2.37. The first kappa shape index (κ1) is 22.2. The first-order chi connectivity index (χ1) is 14.4. The Bertz CT molecular complexity index is 1240. The van der Waals surface area contributed by atoms with Crippen molar-refractivity contribution in [3.8, 4) is 0 Å². The lowest BCUT2D eigenvalue weighted by Crippen LogP contribution is -2.23. The number of fused-ring (bicyclic) bond motifs is 1. The molecule has 164 valence electrons. The molecule has 0 fully saturated rings. The molecule has 0 aliphatic carbocycles. The molecule has 0 saturated heterocycles. The van der Waals surface area contributed by atoms with Gasteiger partial charge in [-0.05, 0) is 37.6 Å². The van der Waals surface area contributed by atoms with Crippen LogP contribution in [0.2, 0.25) is 0 Å². The first-order valence-electron chi connectivity index (χ1n) is 9.03. The van der Waals surface area contributed by atoms with Crippen molar-refractivity contribution in [2.45, 2.75) is 26.1 Å². The number of carbonyl (C=O) groups is 1. The Morgan fingerprint density at radius 1 is 1.26 bits per heavy atom. The van der Waals surface area contributed by atoms with Gasteiger partial charge >= 0.3 is 12.1 Å². The Morgan fingerprint density at radius 2 is 1.94 bits per heavy atom. The quantitative estimate of drug-likeness (QED) is 0.493. The van der Waals surface area contributed by atoms with Crippen LogP contribution in [0, 0.1) is 12.7 Å². The predicted molar refractivity (Wildman–Crippen MR) is 104 cm³/mol. The molecule has 2 aromatic heterocycles. The largest absolute Gasteiger partial charge is 0.465 e. The normalized spacial score (nSPS) is 12.6. The fourth-order valence-electron chi connectivity index (χ4n) is 3.11. The van der Waals surface area contributed by atoms with Gasteiger partial charge in [-0.2, -0.15) is 13.2 Å². The third-order valence-electron chi connectivity index (χ3n) is 4.86. The van der Waals surface area contributed by atoms with E-state index < -0.39 is 35.1 Å². The molecule has 3 rings (SSSR count). The van der Waals surface area contributed by atoms with E-state index in [1.807, 2.05) is 0 Å². The zero-order valence-electron chi connectivity index (χ0n) is 17.0. The molecule has 3 aromatic rings. The van der Waals surface area contributed by atoms with Crippen molar-refractivity contribution < 1.29 is 27.1 Å². The van der Waals surface area contributed by atoms with Crippen molar-refractivity contribution >= 4 is 22.7 Å². The van der Waals surface area contributed by atoms with Crippen LogP contribution in [0.15, 0.2) is 29.2 Å². The highest BCUT2D eigenvalue weighted by atomic mass is 19.4. The number of aryl methyl sites for hydroxylation is 1. The van der Waals surface area contributed by atoms with Crippen LogP contribution in [0.3, 0.4) is 0 Å². The van der Waals surface area contributed by atoms with Gasteiger partial charge in [-0.1, -0.05) is 0 Å². The summed E-state index contributed by atoms with van der Waals surface area (Å²) in [7, 11) is 2.58. The van der Waals surface area contributed by atoms with Crippen LogP contribution in [-0.4, -0.2) is 27.6 Å². The number of rotatable bonds is 4. The third-order valence-corrected chi connectivity index (χ3v) is 4.86. The lowest BCUT2D eigenvalue weighted by Gasteiger charge is -2.21. The van der Waals surface area contributed by atoms with Crippen LogP contribution in [0.1, 0.15) is 40.3 Å². The van der Waals surface area contributed by atoms with Crippen molar-refractivity contribution in [3.63, 3.8) is 0 Å². The fourth-order valence-corrected chi connectivity index (χ4v) is 3.11.